The lowest BCUT2D eigenvalue weighted by Gasteiger charge is -2.40. The van der Waals surface area contributed by atoms with Crippen LogP contribution in [0.2, 0.25) is 0 Å². The second-order valence-corrected chi connectivity index (χ2v) is 6.61. The summed E-state index contributed by atoms with van der Waals surface area (Å²) in [5.41, 5.74) is 0.887. The van der Waals surface area contributed by atoms with Gasteiger partial charge in [-0.25, -0.2) is 0 Å². The fraction of sp³-hybridized carbons (Fsp3) is 0.625. The van der Waals surface area contributed by atoms with E-state index < -0.39 is 12.1 Å². The van der Waals surface area contributed by atoms with Crippen LogP contribution >= 0.6 is 0 Å². The van der Waals surface area contributed by atoms with Crippen LogP contribution in [0.5, 0.6) is 5.75 Å². The highest BCUT2D eigenvalue weighted by Gasteiger charge is 2.46. The second kappa shape index (κ2) is 5.87. The quantitative estimate of drug-likeness (QED) is 0.836. The molecule has 0 bridgehead atoms. The Morgan fingerprint density at radius 2 is 1.67 bits per heavy atom. The van der Waals surface area contributed by atoms with E-state index in [1.165, 1.54) is 0 Å². The Balaban J connectivity index is 1.75. The van der Waals surface area contributed by atoms with Crippen molar-refractivity contribution < 1.29 is 17.9 Å². The van der Waals surface area contributed by atoms with Gasteiger partial charge < -0.3 is 9.64 Å². The van der Waals surface area contributed by atoms with Gasteiger partial charge in [0, 0.05) is 19.6 Å². The first-order valence-electron chi connectivity index (χ1n) is 7.20. The molecule has 1 aromatic rings. The molecule has 0 saturated carbocycles. The summed E-state index contributed by atoms with van der Waals surface area (Å²) in [4.78, 5) is 1.84. The highest BCUT2D eigenvalue weighted by molar-refractivity contribution is 5.28. The maximum absolute atomic E-state index is 12.4. The Morgan fingerprint density at radius 1 is 1.10 bits per heavy atom. The van der Waals surface area contributed by atoms with Crippen molar-refractivity contribution in [2.24, 2.45) is 5.92 Å². The number of rotatable bonds is 4. The molecule has 21 heavy (non-hydrogen) atoms. The molecule has 0 N–H and O–H groups in total. The third-order valence-corrected chi connectivity index (χ3v) is 3.48. The van der Waals surface area contributed by atoms with Crippen molar-refractivity contribution in [3.05, 3.63) is 29.8 Å². The molecule has 0 aliphatic carbocycles. The van der Waals surface area contributed by atoms with Crippen LogP contribution in [0.4, 0.5) is 13.2 Å². The van der Waals surface area contributed by atoms with Crippen molar-refractivity contribution >= 4 is 0 Å². The van der Waals surface area contributed by atoms with E-state index in [0.717, 1.165) is 17.7 Å². The van der Waals surface area contributed by atoms with Gasteiger partial charge in [0.2, 0.25) is 0 Å². The molecule has 0 amide bonds. The molecule has 0 aromatic heterocycles. The summed E-state index contributed by atoms with van der Waals surface area (Å²) < 4.78 is 42.9. The van der Waals surface area contributed by atoms with Gasteiger partial charge >= 0.3 is 6.18 Å². The van der Waals surface area contributed by atoms with Gasteiger partial charge in [-0.15, -0.1) is 0 Å². The molecule has 0 radical (unpaired) electrons. The number of nitrogens with zero attached hydrogens (tertiary/aromatic N) is 1. The smallest absolute Gasteiger partial charge is 0.394 e. The van der Waals surface area contributed by atoms with Gasteiger partial charge in [0.15, 0.2) is 0 Å². The van der Waals surface area contributed by atoms with E-state index in [0.29, 0.717) is 6.54 Å². The second-order valence-electron chi connectivity index (χ2n) is 6.61. The zero-order chi connectivity index (χ0) is 15.7. The fourth-order valence-electron chi connectivity index (χ4n) is 2.32. The van der Waals surface area contributed by atoms with Crippen LogP contribution in [0.15, 0.2) is 24.3 Å². The molecular formula is C16H22F3NO. The third kappa shape index (κ3) is 4.92. The number of benzene rings is 1. The summed E-state index contributed by atoms with van der Waals surface area (Å²) in [6.07, 6.45) is -3.27. The minimum atomic E-state index is -4.04. The highest BCUT2D eigenvalue weighted by Crippen LogP contribution is 2.33. The summed E-state index contributed by atoms with van der Waals surface area (Å²) in [5, 5.41) is 0. The molecule has 118 valence electrons. The van der Waals surface area contributed by atoms with Crippen LogP contribution in [0.3, 0.4) is 0 Å². The van der Waals surface area contributed by atoms with Gasteiger partial charge in [-0.2, -0.15) is 13.2 Å². The summed E-state index contributed by atoms with van der Waals surface area (Å²) in [5.74, 6) is -0.326. The molecule has 1 saturated heterocycles. The van der Waals surface area contributed by atoms with Crippen LogP contribution < -0.4 is 4.74 Å². The first-order chi connectivity index (χ1) is 9.63. The number of hydrogen-bond donors (Lipinski definition) is 0. The van der Waals surface area contributed by atoms with Gasteiger partial charge in [0.25, 0.3) is 0 Å². The van der Waals surface area contributed by atoms with Crippen LogP contribution in [0, 0.1) is 5.92 Å². The number of halogens is 3. The SMILES string of the molecule is CC(C)(C)Oc1ccc(CCN2CC(C(F)(F)F)C2)cc1. The first-order valence-corrected chi connectivity index (χ1v) is 7.20. The fourth-order valence-corrected chi connectivity index (χ4v) is 2.32. The maximum atomic E-state index is 12.4. The normalized spacial score (nSPS) is 17.6. The monoisotopic (exact) mass is 301 g/mol. The topological polar surface area (TPSA) is 12.5 Å². The van der Waals surface area contributed by atoms with E-state index in [4.69, 9.17) is 4.74 Å². The molecule has 0 spiro atoms. The zero-order valence-electron chi connectivity index (χ0n) is 12.7. The van der Waals surface area contributed by atoms with E-state index in [1.807, 2.05) is 49.9 Å². The Kier molecular flexibility index (Phi) is 4.51. The molecule has 2 rings (SSSR count). The lowest BCUT2D eigenvalue weighted by molar-refractivity contribution is -0.208. The van der Waals surface area contributed by atoms with E-state index in [2.05, 4.69) is 0 Å². The third-order valence-electron chi connectivity index (χ3n) is 3.48. The van der Waals surface area contributed by atoms with Gasteiger partial charge in [0.05, 0.1) is 5.92 Å². The Morgan fingerprint density at radius 3 is 2.14 bits per heavy atom. The zero-order valence-corrected chi connectivity index (χ0v) is 12.7. The van der Waals surface area contributed by atoms with Crippen LogP contribution in [-0.2, 0) is 6.42 Å². The van der Waals surface area contributed by atoms with Crippen molar-refractivity contribution in [1.29, 1.82) is 0 Å². The molecule has 1 aliphatic heterocycles. The molecular weight excluding hydrogens is 279 g/mol. The van der Waals surface area contributed by atoms with Crippen molar-refractivity contribution in [3.63, 3.8) is 0 Å². The Labute approximate surface area is 123 Å². The minimum Gasteiger partial charge on any atom is -0.488 e. The van der Waals surface area contributed by atoms with Gasteiger partial charge in [0.1, 0.15) is 11.4 Å². The molecule has 2 nitrogen and oxygen atoms in total. The Bertz CT molecular complexity index is 456. The molecule has 1 fully saturated rings. The van der Waals surface area contributed by atoms with Crippen LogP contribution in [0.1, 0.15) is 26.3 Å². The standard InChI is InChI=1S/C16H22F3NO/c1-15(2,3)21-14-6-4-12(5-7-14)8-9-20-10-13(11-20)16(17,18)19/h4-7,13H,8-11H2,1-3H3. The largest absolute Gasteiger partial charge is 0.488 e. The predicted octanol–water partition coefficient (Wildman–Crippen LogP) is 3.90. The lowest BCUT2D eigenvalue weighted by Crippen LogP contribution is -2.53. The summed E-state index contributed by atoms with van der Waals surface area (Å²) >= 11 is 0. The summed E-state index contributed by atoms with van der Waals surface area (Å²) in [6.45, 7) is 6.90. The van der Waals surface area contributed by atoms with Crippen molar-refractivity contribution in [1.82, 2.24) is 4.90 Å². The molecule has 1 aliphatic rings. The maximum Gasteiger partial charge on any atom is 0.394 e. The van der Waals surface area contributed by atoms with E-state index >= 15 is 0 Å². The number of ether oxygens (including phenoxy) is 1. The Hall–Kier alpha value is -1.23. The lowest BCUT2D eigenvalue weighted by atomic mass is 9.99. The van der Waals surface area contributed by atoms with E-state index in [-0.39, 0.29) is 18.7 Å². The summed E-state index contributed by atoms with van der Waals surface area (Å²) in [7, 11) is 0. The van der Waals surface area contributed by atoms with Gasteiger partial charge in [-0.1, -0.05) is 12.1 Å². The molecule has 0 atom stereocenters. The van der Waals surface area contributed by atoms with Gasteiger partial charge in [-0.3, -0.25) is 0 Å². The summed E-state index contributed by atoms with van der Waals surface area (Å²) in [6, 6.07) is 7.77. The van der Waals surface area contributed by atoms with Gasteiger partial charge in [-0.05, 0) is 44.9 Å². The first kappa shape index (κ1) is 16.1. The number of alkyl halides is 3. The van der Waals surface area contributed by atoms with Crippen molar-refractivity contribution in [3.8, 4) is 5.75 Å². The predicted molar refractivity (Wildman–Crippen MR) is 76.5 cm³/mol. The van der Waals surface area contributed by atoms with E-state index in [9.17, 15) is 13.2 Å². The molecule has 1 heterocycles. The average molecular weight is 301 g/mol. The van der Waals surface area contributed by atoms with Crippen LogP contribution in [0.25, 0.3) is 0 Å². The number of likely N-dealkylation sites (tertiary alicyclic amines) is 1. The van der Waals surface area contributed by atoms with Crippen molar-refractivity contribution in [2.75, 3.05) is 19.6 Å². The number of hydrogen-bond acceptors (Lipinski definition) is 2. The van der Waals surface area contributed by atoms with E-state index in [1.54, 1.807) is 0 Å². The molecule has 1 aromatic carbocycles. The highest BCUT2D eigenvalue weighted by atomic mass is 19.4. The average Bonchev–Trinajstić information content (AvgIpc) is 2.25. The molecule has 0 unspecified atom stereocenters. The van der Waals surface area contributed by atoms with Crippen LogP contribution in [-0.4, -0.2) is 36.3 Å². The molecule has 5 heteroatoms. The van der Waals surface area contributed by atoms with Crippen molar-refractivity contribution in [2.45, 2.75) is 39.0 Å². The minimum absolute atomic E-state index is 0.134.